The van der Waals surface area contributed by atoms with Crippen molar-refractivity contribution in [2.75, 3.05) is 11.9 Å². The smallest absolute Gasteiger partial charge is 0.265 e. The van der Waals surface area contributed by atoms with Crippen LogP contribution in [0.5, 0.6) is 11.5 Å². The second-order valence-electron chi connectivity index (χ2n) is 5.53. The number of fused-ring (bicyclic) bond motifs is 1. The number of carbonyl (C=O) groups is 2. The lowest BCUT2D eigenvalue weighted by Crippen LogP contribution is -2.32. The number of nitrogens with two attached hydrogens (primary N) is 1. The highest BCUT2D eigenvalue weighted by molar-refractivity contribution is 6.04. The second-order valence-corrected chi connectivity index (χ2v) is 5.53. The molecule has 0 saturated heterocycles. The van der Waals surface area contributed by atoms with Gasteiger partial charge in [0, 0.05) is 12.0 Å². The molecule has 0 bridgehead atoms. The minimum absolute atomic E-state index is 0.0875. The molecule has 3 rings (SSSR count). The summed E-state index contributed by atoms with van der Waals surface area (Å²) in [6, 6.07) is 9.16. The molecule has 130 valence electrons. The van der Waals surface area contributed by atoms with Crippen molar-refractivity contribution in [3.8, 4) is 11.5 Å². The molecule has 2 aromatic carbocycles. The number of amides is 2. The minimum Gasteiger partial charge on any atom is -0.494 e. The molecule has 1 aliphatic heterocycles. The summed E-state index contributed by atoms with van der Waals surface area (Å²) in [7, 11) is 0. The molecule has 3 N–H and O–H groups in total. The van der Waals surface area contributed by atoms with Crippen molar-refractivity contribution in [1.82, 2.24) is 0 Å². The standard InChI is InChI=1S/C18H17FN2O4/c1-2-24-11-6-7-14(12(9-11)17(20)22)21-18(23)15-8-10-4-3-5-13(19)16(10)25-15/h3-7,9,15H,2,8H2,1H3,(H2,20,22)(H,21,23)/t15-/m0/s1. The number of primary amides is 1. The highest BCUT2D eigenvalue weighted by Crippen LogP contribution is 2.32. The van der Waals surface area contributed by atoms with E-state index in [1.54, 1.807) is 18.2 Å². The Morgan fingerprint density at radius 2 is 2.16 bits per heavy atom. The molecule has 0 unspecified atom stereocenters. The molecular weight excluding hydrogens is 327 g/mol. The third kappa shape index (κ3) is 3.40. The van der Waals surface area contributed by atoms with Gasteiger partial charge in [0.1, 0.15) is 5.75 Å². The predicted octanol–water partition coefficient (Wildman–Crippen LogP) is 2.27. The molecule has 1 aliphatic rings. The van der Waals surface area contributed by atoms with Crippen molar-refractivity contribution < 1.29 is 23.5 Å². The Bertz CT molecular complexity index is 838. The summed E-state index contributed by atoms with van der Waals surface area (Å²) in [6.07, 6.45) is -0.624. The molecule has 0 radical (unpaired) electrons. The summed E-state index contributed by atoms with van der Waals surface area (Å²) in [5.74, 6) is -1.13. The van der Waals surface area contributed by atoms with Gasteiger partial charge in [-0.2, -0.15) is 0 Å². The van der Waals surface area contributed by atoms with Gasteiger partial charge in [0.15, 0.2) is 17.7 Å². The summed E-state index contributed by atoms with van der Waals surface area (Å²) < 4.78 is 24.4. The molecule has 0 spiro atoms. The maximum atomic E-state index is 13.7. The topological polar surface area (TPSA) is 90.7 Å². The average Bonchev–Trinajstić information content (AvgIpc) is 3.02. The van der Waals surface area contributed by atoms with Gasteiger partial charge >= 0.3 is 0 Å². The lowest BCUT2D eigenvalue weighted by molar-refractivity contribution is -0.122. The van der Waals surface area contributed by atoms with E-state index in [9.17, 15) is 14.0 Å². The van der Waals surface area contributed by atoms with Crippen LogP contribution in [0.2, 0.25) is 0 Å². The Hall–Kier alpha value is -3.09. The Labute approximate surface area is 143 Å². The van der Waals surface area contributed by atoms with Crippen LogP contribution in [-0.2, 0) is 11.2 Å². The summed E-state index contributed by atoms with van der Waals surface area (Å²) in [6.45, 7) is 2.25. The normalized spacial score (nSPS) is 15.2. The van der Waals surface area contributed by atoms with E-state index in [0.717, 1.165) is 0 Å². The lowest BCUT2D eigenvalue weighted by atomic mass is 10.1. The molecule has 2 aromatic rings. The number of hydrogen-bond acceptors (Lipinski definition) is 4. The Balaban J connectivity index is 1.78. The van der Waals surface area contributed by atoms with E-state index >= 15 is 0 Å². The monoisotopic (exact) mass is 344 g/mol. The van der Waals surface area contributed by atoms with E-state index in [1.165, 1.54) is 18.2 Å². The number of nitrogens with one attached hydrogen (secondary N) is 1. The summed E-state index contributed by atoms with van der Waals surface area (Å²) >= 11 is 0. The fourth-order valence-corrected chi connectivity index (χ4v) is 2.68. The zero-order valence-electron chi connectivity index (χ0n) is 13.5. The fraction of sp³-hybridized carbons (Fsp3) is 0.222. The van der Waals surface area contributed by atoms with E-state index in [0.29, 0.717) is 17.9 Å². The van der Waals surface area contributed by atoms with Crippen molar-refractivity contribution in [2.24, 2.45) is 5.73 Å². The number of hydrogen-bond donors (Lipinski definition) is 2. The van der Waals surface area contributed by atoms with Crippen LogP contribution in [0.25, 0.3) is 0 Å². The van der Waals surface area contributed by atoms with Gasteiger partial charge in [-0.1, -0.05) is 12.1 Å². The maximum absolute atomic E-state index is 13.7. The quantitative estimate of drug-likeness (QED) is 0.870. The Morgan fingerprint density at radius 3 is 2.84 bits per heavy atom. The first-order valence-corrected chi connectivity index (χ1v) is 7.81. The predicted molar refractivity (Wildman–Crippen MR) is 89.3 cm³/mol. The van der Waals surface area contributed by atoms with Crippen LogP contribution in [0.3, 0.4) is 0 Å². The second kappa shape index (κ2) is 6.80. The van der Waals surface area contributed by atoms with Crippen molar-refractivity contribution in [2.45, 2.75) is 19.4 Å². The highest BCUT2D eigenvalue weighted by atomic mass is 19.1. The summed E-state index contributed by atoms with van der Waals surface area (Å²) in [5.41, 5.74) is 6.37. The number of benzene rings is 2. The van der Waals surface area contributed by atoms with E-state index in [1.807, 2.05) is 6.92 Å². The van der Waals surface area contributed by atoms with Gasteiger partial charge in [-0.15, -0.1) is 0 Å². The van der Waals surface area contributed by atoms with E-state index in [-0.39, 0.29) is 23.4 Å². The van der Waals surface area contributed by atoms with Crippen molar-refractivity contribution in [3.63, 3.8) is 0 Å². The Kier molecular flexibility index (Phi) is 4.56. The van der Waals surface area contributed by atoms with E-state index in [4.69, 9.17) is 15.2 Å². The number of ether oxygens (including phenoxy) is 2. The third-order valence-electron chi connectivity index (χ3n) is 3.83. The molecule has 2 amide bonds. The fourth-order valence-electron chi connectivity index (χ4n) is 2.68. The van der Waals surface area contributed by atoms with Crippen LogP contribution in [-0.4, -0.2) is 24.5 Å². The van der Waals surface area contributed by atoms with Gasteiger partial charge in [-0.25, -0.2) is 4.39 Å². The molecular formula is C18H17FN2O4. The molecule has 0 saturated carbocycles. The third-order valence-corrected chi connectivity index (χ3v) is 3.83. The molecule has 0 aliphatic carbocycles. The molecule has 0 fully saturated rings. The molecule has 1 atom stereocenters. The SMILES string of the molecule is CCOc1ccc(NC(=O)[C@@H]2Cc3cccc(F)c3O2)c(C(N)=O)c1. The van der Waals surface area contributed by atoms with Crippen molar-refractivity contribution in [1.29, 1.82) is 0 Å². The lowest BCUT2D eigenvalue weighted by Gasteiger charge is -2.14. The van der Waals surface area contributed by atoms with Gasteiger partial charge in [-0.3, -0.25) is 9.59 Å². The number of anilines is 1. The average molecular weight is 344 g/mol. The van der Waals surface area contributed by atoms with Crippen LogP contribution in [0.1, 0.15) is 22.8 Å². The number of carbonyl (C=O) groups excluding carboxylic acids is 2. The zero-order chi connectivity index (χ0) is 18.0. The highest BCUT2D eigenvalue weighted by Gasteiger charge is 2.31. The first-order chi connectivity index (χ1) is 12.0. The van der Waals surface area contributed by atoms with E-state index in [2.05, 4.69) is 5.32 Å². The molecule has 7 heteroatoms. The zero-order valence-corrected chi connectivity index (χ0v) is 13.5. The molecule has 1 heterocycles. The summed E-state index contributed by atoms with van der Waals surface area (Å²) in [4.78, 5) is 24.1. The van der Waals surface area contributed by atoms with Crippen molar-refractivity contribution in [3.05, 3.63) is 53.3 Å². The first kappa shape index (κ1) is 16.8. The molecule has 6 nitrogen and oxygen atoms in total. The van der Waals surface area contributed by atoms with Crippen LogP contribution in [0.15, 0.2) is 36.4 Å². The van der Waals surface area contributed by atoms with Crippen LogP contribution in [0, 0.1) is 5.82 Å². The molecule has 25 heavy (non-hydrogen) atoms. The Morgan fingerprint density at radius 1 is 1.36 bits per heavy atom. The maximum Gasteiger partial charge on any atom is 0.265 e. The minimum atomic E-state index is -0.876. The first-order valence-electron chi connectivity index (χ1n) is 7.81. The number of halogens is 1. The van der Waals surface area contributed by atoms with Gasteiger partial charge in [0.05, 0.1) is 17.9 Å². The van der Waals surface area contributed by atoms with Crippen LogP contribution >= 0.6 is 0 Å². The van der Waals surface area contributed by atoms with E-state index < -0.39 is 23.7 Å². The number of rotatable bonds is 5. The van der Waals surface area contributed by atoms with Gasteiger partial charge < -0.3 is 20.5 Å². The summed E-state index contributed by atoms with van der Waals surface area (Å²) in [5, 5.41) is 2.61. The largest absolute Gasteiger partial charge is 0.494 e. The van der Waals surface area contributed by atoms with Crippen LogP contribution < -0.4 is 20.5 Å². The molecule has 0 aromatic heterocycles. The number of para-hydroxylation sites is 1. The van der Waals surface area contributed by atoms with Crippen molar-refractivity contribution >= 4 is 17.5 Å². The van der Waals surface area contributed by atoms with Gasteiger partial charge in [-0.05, 0) is 31.2 Å². The van der Waals surface area contributed by atoms with Gasteiger partial charge in [0.2, 0.25) is 0 Å². The van der Waals surface area contributed by atoms with Crippen LogP contribution in [0.4, 0.5) is 10.1 Å². The van der Waals surface area contributed by atoms with Gasteiger partial charge in [0.25, 0.3) is 11.8 Å².